The van der Waals surface area contributed by atoms with Gasteiger partial charge in [-0.05, 0) is 26.0 Å². The van der Waals surface area contributed by atoms with Gasteiger partial charge in [0.2, 0.25) is 0 Å². The molecule has 1 aromatic heterocycles. The summed E-state index contributed by atoms with van der Waals surface area (Å²) in [6.45, 7) is 4.08. The average Bonchev–Trinajstić information content (AvgIpc) is 2.61. The van der Waals surface area contributed by atoms with E-state index in [1.54, 1.807) is 6.20 Å². The van der Waals surface area contributed by atoms with E-state index in [9.17, 15) is 0 Å². The van der Waals surface area contributed by atoms with E-state index in [1.165, 1.54) is 0 Å². The molecule has 0 bridgehead atoms. The fraction of sp³-hybridized carbons (Fsp3) is 0.250. The monoisotopic (exact) mass is 217 g/mol. The second-order valence-electron chi connectivity index (χ2n) is 3.84. The van der Waals surface area contributed by atoms with E-state index in [4.69, 9.17) is 10.5 Å². The van der Waals surface area contributed by atoms with Crippen LogP contribution in [0.15, 0.2) is 36.5 Å². The molecule has 0 amide bonds. The number of anilines is 1. The maximum absolute atomic E-state index is 5.82. The molecular weight excluding hydrogens is 202 g/mol. The Morgan fingerprint density at radius 3 is 2.56 bits per heavy atom. The van der Waals surface area contributed by atoms with Gasteiger partial charge in [-0.3, -0.25) is 4.57 Å². The van der Waals surface area contributed by atoms with Gasteiger partial charge in [0, 0.05) is 6.04 Å². The Kier molecular flexibility index (Phi) is 2.81. The van der Waals surface area contributed by atoms with Gasteiger partial charge in [0.15, 0.2) is 0 Å². The molecule has 0 atom stereocenters. The van der Waals surface area contributed by atoms with Crippen LogP contribution in [0.3, 0.4) is 0 Å². The third-order valence-corrected chi connectivity index (χ3v) is 2.26. The van der Waals surface area contributed by atoms with Crippen LogP contribution in [0.1, 0.15) is 19.9 Å². The van der Waals surface area contributed by atoms with Crippen molar-refractivity contribution in [3.8, 4) is 11.8 Å². The lowest BCUT2D eigenvalue weighted by atomic mass is 10.3. The second kappa shape index (κ2) is 4.26. The van der Waals surface area contributed by atoms with Crippen LogP contribution in [0.5, 0.6) is 11.8 Å². The highest BCUT2D eigenvalue weighted by molar-refractivity contribution is 5.33. The predicted molar refractivity (Wildman–Crippen MR) is 63.5 cm³/mol. The number of benzene rings is 1. The van der Waals surface area contributed by atoms with E-state index in [2.05, 4.69) is 4.98 Å². The Morgan fingerprint density at radius 2 is 1.94 bits per heavy atom. The first kappa shape index (κ1) is 10.5. The SMILES string of the molecule is CC(C)n1c(N)cnc1Oc1ccccc1. The molecule has 4 heteroatoms. The van der Waals surface area contributed by atoms with Crippen molar-refractivity contribution >= 4 is 5.82 Å². The van der Waals surface area contributed by atoms with Crippen molar-refractivity contribution in [2.24, 2.45) is 0 Å². The topological polar surface area (TPSA) is 53.1 Å². The summed E-state index contributed by atoms with van der Waals surface area (Å²) < 4.78 is 7.52. The van der Waals surface area contributed by atoms with E-state index in [1.807, 2.05) is 48.7 Å². The highest BCUT2D eigenvalue weighted by atomic mass is 16.5. The number of imidazole rings is 1. The first-order valence-electron chi connectivity index (χ1n) is 5.24. The zero-order valence-corrected chi connectivity index (χ0v) is 9.42. The first-order valence-corrected chi connectivity index (χ1v) is 5.24. The molecular formula is C12H15N3O. The quantitative estimate of drug-likeness (QED) is 0.860. The summed E-state index contributed by atoms with van der Waals surface area (Å²) in [7, 11) is 0. The van der Waals surface area contributed by atoms with Gasteiger partial charge in [0.05, 0.1) is 6.20 Å². The Labute approximate surface area is 94.7 Å². The smallest absolute Gasteiger partial charge is 0.303 e. The third-order valence-electron chi connectivity index (χ3n) is 2.26. The molecule has 2 rings (SSSR count). The number of rotatable bonds is 3. The number of hydrogen-bond acceptors (Lipinski definition) is 3. The van der Waals surface area contributed by atoms with Crippen molar-refractivity contribution in [3.63, 3.8) is 0 Å². The van der Waals surface area contributed by atoms with Crippen LogP contribution in [0.4, 0.5) is 5.82 Å². The summed E-state index contributed by atoms with van der Waals surface area (Å²) in [5.41, 5.74) is 5.82. The number of nitrogen functional groups attached to an aromatic ring is 1. The number of aromatic nitrogens is 2. The molecule has 0 aliphatic rings. The fourth-order valence-electron chi connectivity index (χ4n) is 1.54. The largest absolute Gasteiger partial charge is 0.425 e. The van der Waals surface area contributed by atoms with Gasteiger partial charge < -0.3 is 10.5 Å². The number of nitrogens with zero attached hydrogens (tertiary/aromatic N) is 2. The van der Waals surface area contributed by atoms with Gasteiger partial charge in [-0.25, -0.2) is 4.98 Å². The molecule has 0 radical (unpaired) electrons. The summed E-state index contributed by atoms with van der Waals surface area (Å²) in [6, 6.07) is 10.3. The number of nitrogens with two attached hydrogens (primary N) is 1. The summed E-state index contributed by atoms with van der Waals surface area (Å²) in [5.74, 6) is 1.37. The molecule has 84 valence electrons. The van der Waals surface area contributed by atoms with Crippen LogP contribution in [0.2, 0.25) is 0 Å². The molecule has 0 aliphatic heterocycles. The maximum Gasteiger partial charge on any atom is 0.303 e. The Balaban J connectivity index is 2.29. The van der Waals surface area contributed by atoms with E-state index in [0.29, 0.717) is 11.8 Å². The molecule has 2 N–H and O–H groups in total. The number of hydrogen-bond donors (Lipinski definition) is 1. The molecule has 0 saturated carbocycles. The molecule has 4 nitrogen and oxygen atoms in total. The minimum atomic E-state index is 0.223. The molecule has 0 aliphatic carbocycles. The normalized spacial score (nSPS) is 10.7. The van der Waals surface area contributed by atoms with Gasteiger partial charge in [0.25, 0.3) is 0 Å². The van der Waals surface area contributed by atoms with Gasteiger partial charge in [-0.15, -0.1) is 0 Å². The van der Waals surface area contributed by atoms with Crippen LogP contribution in [0.25, 0.3) is 0 Å². The van der Waals surface area contributed by atoms with Gasteiger partial charge in [-0.2, -0.15) is 0 Å². The Bertz CT molecular complexity index is 462. The van der Waals surface area contributed by atoms with Gasteiger partial charge in [-0.1, -0.05) is 18.2 Å². The zero-order valence-electron chi connectivity index (χ0n) is 9.42. The lowest BCUT2D eigenvalue weighted by Crippen LogP contribution is -2.06. The predicted octanol–water partition coefficient (Wildman–Crippen LogP) is 2.84. The van der Waals surface area contributed by atoms with E-state index >= 15 is 0 Å². The average molecular weight is 217 g/mol. The van der Waals surface area contributed by atoms with E-state index in [0.717, 1.165) is 5.75 Å². The standard InChI is InChI=1S/C12H15N3O/c1-9(2)15-11(13)8-14-12(15)16-10-6-4-3-5-7-10/h3-9H,13H2,1-2H3. The van der Waals surface area contributed by atoms with Crippen LogP contribution in [-0.2, 0) is 0 Å². The number of ether oxygens (including phenoxy) is 1. The van der Waals surface area contributed by atoms with Crippen molar-refractivity contribution in [1.29, 1.82) is 0 Å². The molecule has 0 unspecified atom stereocenters. The summed E-state index contributed by atoms with van der Waals surface area (Å²) in [6.07, 6.45) is 1.61. The van der Waals surface area contributed by atoms with Crippen molar-refractivity contribution in [2.75, 3.05) is 5.73 Å². The zero-order chi connectivity index (χ0) is 11.5. The van der Waals surface area contributed by atoms with Crippen LogP contribution < -0.4 is 10.5 Å². The van der Waals surface area contributed by atoms with Crippen molar-refractivity contribution in [3.05, 3.63) is 36.5 Å². The Hall–Kier alpha value is -1.97. The molecule has 1 heterocycles. The Morgan fingerprint density at radius 1 is 1.25 bits per heavy atom. The molecule has 0 saturated heterocycles. The van der Waals surface area contributed by atoms with Gasteiger partial charge >= 0.3 is 6.01 Å². The third kappa shape index (κ3) is 2.00. The second-order valence-corrected chi connectivity index (χ2v) is 3.84. The first-order chi connectivity index (χ1) is 7.68. The van der Waals surface area contributed by atoms with Crippen LogP contribution in [0, 0.1) is 0 Å². The maximum atomic E-state index is 5.82. The van der Waals surface area contributed by atoms with E-state index < -0.39 is 0 Å². The molecule has 16 heavy (non-hydrogen) atoms. The molecule has 1 aromatic carbocycles. The fourth-order valence-corrected chi connectivity index (χ4v) is 1.54. The van der Waals surface area contributed by atoms with Crippen molar-refractivity contribution in [2.45, 2.75) is 19.9 Å². The molecule has 2 aromatic rings. The minimum absolute atomic E-state index is 0.223. The minimum Gasteiger partial charge on any atom is -0.425 e. The molecule has 0 spiro atoms. The highest BCUT2D eigenvalue weighted by Gasteiger charge is 2.12. The lowest BCUT2D eigenvalue weighted by molar-refractivity contribution is 0.398. The van der Waals surface area contributed by atoms with E-state index in [-0.39, 0.29) is 6.04 Å². The van der Waals surface area contributed by atoms with Crippen LogP contribution in [-0.4, -0.2) is 9.55 Å². The molecule has 0 fully saturated rings. The summed E-state index contributed by atoms with van der Waals surface area (Å²) in [4.78, 5) is 4.15. The van der Waals surface area contributed by atoms with Crippen molar-refractivity contribution < 1.29 is 4.74 Å². The highest BCUT2D eigenvalue weighted by Crippen LogP contribution is 2.25. The number of para-hydroxylation sites is 1. The summed E-state index contributed by atoms with van der Waals surface area (Å²) in [5, 5.41) is 0. The summed E-state index contributed by atoms with van der Waals surface area (Å²) >= 11 is 0. The van der Waals surface area contributed by atoms with Crippen molar-refractivity contribution in [1.82, 2.24) is 9.55 Å². The van der Waals surface area contributed by atoms with Gasteiger partial charge in [0.1, 0.15) is 11.6 Å². The van der Waals surface area contributed by atoms with Crippen LogP contribution >= 0.6 is 0 Å². The lowest BCUT2D eigenvalue weighted by Gasteiger charge is -2.13.